The predicted molar refractivity (Wildman–Crippen MR) is 123 cm³/mol. The number of nitrogens with one attached hydrogen (secondary N) is 1. The van der Waals surface area contributed by atoms with Gasteiger partial charge in [0.1, 0.15) is 5.82 Å². The molecule has 5 rings (SSSR count). The first-order valence-corrected chi connectivity index (χ1v) is 10.9. The van der Waals surface area contributed by atoms with Crippen molar-refractivity contribution in [3.8, 4) is 17.2 Å². The summed E-state index contributed by atoms with van der Waals surface area (Å²) in [5.41, 5.74) is 2.79. The van der Waals surface area contributed by atoms with Crippen molar-refractivity contribution in [2.24, 2.45) is 0 Å². The molecule has 0 saturated carbocycles. The Kier molecular flexibility index (Phi) is 5.03. The van der Waals surface area contributed by atoms with E-state index in [9.17, 15) is 4.79 Å². The van der Waals surface area contributed by atoms with Gasteiger partial charge in [-0.2, -0.15) is 5.10 Å². The maximum absolute atomic E-state index is 13.9. The second kappa shape index (κ2) is 7.91. The molecule has 0 radical (unpaired) electrons. The fourth-order valence-electron chi connectivity index (χ4n) is 4.56. The van der Waals surface area contributed by atoms with Gasteiger partial charge in [0.15, 0.2) is 17.2 Å². The molecule has 1 fully saturated rings. The molecule has 170 valence electrons. The molecule has 1 amide bonds. The number of H-pyrrole nitrogens is 1. The van der Waals surface area contributed by atoms with Crippen molar-refractivity contribution in [1.82, 2.24) is 29.6 Å². The standard InChI is InChI=1S/C24H26N6O3/c1-15-7-8-18(30-12-6-10-25-30)21(26-15)22(31)29-11-5-9-24(29,2)23-27-16-13-19(32-3)20(33-4)14-17(16)28-23/h6-8,10,12-14H,5,9,11H2,1-4H3,(H,27,28). The molecule has 4 heterocycles. The number of likely N-dealkylation sites (tertiary alicyclic amines) is 1. The van der Waals surface area contributed by atoms with Crippen molar-refractivity contribution < 1.29 is 14.3 Å². The first-order valence-electron chi connectivity index (χ1n) is 10.9. The fourth-order valence-corrected chi connectivity index (χ4v) is 4.56. The summed E-state index contributed by atoms with van der Waals surface area (Å²) in [6, 6.07) is 9.31. The number of nitrogens with zero attached hydrogens (tertiary/aromatic N) is 5. The minimum absolute atomic E-state index is 0.139. The van der Waals surface area contributed by atoms with Crippen LogP contribution in [0.5, 0.6) is 11.5 Å². The zero-order valence-corrected chi connectivity index (χ0v) is 19.1. The lowest BCUT2D eigenvalue weighted by Gasteiger charge is -2.33. The molecule has 1 aliphatic heterocycles. The first kappa shape index (κ1) is 21.0. The summed E-state index contributed by atoms with van der Waals surface area (Å²) in [5.74, 6) is 1.82. The van der Waals surface area contributed by atoms with E-state index < -0.39 is 5.54 Å². The highest BCUT2D eigenvalue weighted by molar-refractivity contribution is 5.96. The van der Waals surface area contributed by atoms with Crippen molar-refractivity contribution in [3.05, 3.63) is 59.9 Å². The van der Waals surface area contributed by atoms with E-state index in [0.29, 0.717) is 29.4 Å². The third kappa shape index (κ3) is 3.40. The number of pyridine rings is 1. The maximum atomic E-state index is 13.9. The Morgan fingerprint density at radius 3 is 2.67 bits per heavy atom. The van der Waals surface area contributed by atoms with Crippen LogP contribution >= 0.6 is 0 Å². The fraction of sp³-hybridized carbons (Fsp3) is 0.333. The maximum Gasteiger partial charge on any atom is 0.275 e. The van der Waals surface area contributed by atoms with Crippen molar-refractivity contribution >= 4 is 16.9 Å². The number of aryl methyl sites for hydroxylation is 1. The second-order valence-electron chi connectivity index (χ2n) is 8.41. The Morgan fingerprint density at radius 1 is 1.15 bits per heavy atom. The van der Waals surface area contributed by atoms with Crippen molar-refractivity contribution in [2.75, 3.05) is 20.8 Å². The number of benzene rings is 1. The number of aromatic nitrogens is 5. The Hall–Kier alpha value is -3.88. The number of amides is 1. The van der Waals surface area contributed by atoms with Gasteiger partial charge in [-0.05, 0) is 44.9 Å². The summed E-state index contributed by atoms with van der Waals surface area (Å²) < 4.78 is 12.5. The summed E-state index contributed by atoms with van der Waals surface area (Å²) in [7, 11) is 3.20. The van der Waals surface area contributed by atoms with Crippen molar-refractivity contribution in [2.45, 2.75) is 32.2 Å². The molecule has 4 aromatic rings. The lowest BCUT2D eigenvalue weighted by Crippen LogP contribution is -2.44. The number of imidazole rings is 1. The highest BCUT2D eigenvalue weighted by Crippen LogP contribution is 2.40. The number of fused-ring (bicyclic) bond motifs is 1. The third-order valence-corrected chi connectivity index (χ3v) is 6.35. The Balaban J connectivity index is 1.57. The summed E-state index contributed by atoms with van der Waals surface area (Å²) in [6.45, 7) is 4.55. The molecule has 1 N–H and O–H groups in total. The zero-order valence-electron chi connectivity index (χ0n) is 19.1. The van der Waals surface area contributed by atoms with E-state index >= 15 is 0 Å². The van der Waals surface area contributed by atoms with Crippen LogP contribution in [0.25, 0.3) is 16.7 Å². The number of ether oxygens (including phenoxy) is 2. The van der Waals surface area contributed by atoms with Gasteiger partial charge in [-0.25, -0.2) is 14.6 Å². The SMILES string of the molecule is COc1cc2nc(C3(C)CCCN3C(=O)c3nc(C)ccc3-n3cccn3)[nH]c2cc1OC. The summed E-state index contributed by atoms with van der Waals surface area (Å²) in [4.78, 5) is 28.6. The highest BCUT2D eigenvalue weighted by Gasteiger charge is 2.44. The number of carbonyl (C=O) groups is 1. The molecule has 1 unspecified atom stereocenters. The minimum atomic E-state index is -0.608. The van der Waals surface area contributed by atoms with Gasteiger partial charge >= 0.3 is 0 Å². The Morgan fingerprint density at radius 2 is 1.94 bits per heavy atom. The van der Waals surface area contributed by atoms with Crippen LogP contribution in [0.3, 0.4) is 0 Å². The monoisotopic (exact) mass is 446 g/mol. The van der Waals surface area contributed by atoms with Crippen LogP contribution in [0.1, 0.15) is 41.8 Å². The normalized spacial score (nSPS) is 18.1. The van der Waals surface area contributed by atoms with E-state index in [2.05, 4.69) is 15.1 Å². The molecule has 0 spiro atoms. The Labute approximate surface area is 191 Å². The predicted octanol–water partition coefficient (Wildman–Crippen LogP) is 3.62. The van der Waals surface area contributed by atoms with Crippen LogP contribution in [0, 0.1) is 6.92 Å². The second-order valence-corrected chi connectivity index (χ2v) is 8.41. The van der Waals surface area contributed by atoms with Crippen LogP contribution in [-0.2, 0) is 5.54 Å². The summed E-state index contributed by atoms with van der Waals surface area (Å²) in [5, 5.41) is 4.31. The molecule has 3 aromatic heterocycles. The smallest absolute Gasteiger partial charge is 0.275 e. The number of methoxy groups -OCH3 is 2. The molecule has 9 nitrogen and oxygen atoms in total. The van der Waals surface area contributed by atoms with Gasteiger partial charge in [-0.1, -0.05) is 0 Å². The molecule has 0 bridgehead atoms. The average molecular weight is 447 g/mol. The molecule has 1 saturated heterocycles. The van der Waals surface area contributed by atoms with Crippen LogP contribution in [0.4, 0.5) is 0 Å². The lowest BCUT2D eigenvalue weighted by molar-refractivity contribution is 0.0599. The minimum Gasteiger partial charge on any atom is -0.493 e. The molecule has 9 heteroatoms. The van der Waals surface area contributed by atoms with E-state index in [1.807, 2.05) is 55.3 Å². The zero-order chi connectivity index (χ0) is 23.2. The highest BCUT2D eigenvalue weighted by atomic mass is 16.5. The van der Waals surface area contributed by atoms with Crippen molar-refractivity contribution in [1.29, 1.82) is 0 Å². The van der Waals surface area contributed by atoms with E-state index in [1.54, 1.807) is 25.1 Å². The van der Waals surface area contributed by atoms with Gasteiger partial charge in [-0.3, -0.25) is 4.79 Å². The molecular weight excluding hydrogens is 420 g/mol. The van der Waals surface area contributed by atoms with Crippen molar-refractivity contribution in [3.63, 3.8) is 0 Å². The van der Waals surface area contributed by atoms with E-state index in [-0.39, 0.29) is 5.91 Å². The summed E-state index contributed by atoms with van der Waals surface area (Å²) >= 11 is 0. The number of carbonyl (C=O) groups excluding carboxylic acids is 1. The number of aromatic amines is 1. The quantitative estimate of drug-likeness (QED) is 0.503. The van der Waals surface area contributed by atoms with Gasteiger partial charge in [0, 0.05) is 36.8 Å². The first-order chi connectivity index (χ1) is 15.9. The van der Waals surface area contributed by atoms with Gasteiger partial charge in [0.05, 0.1) is 36.5 Å². The van der Waals surface area contributed by atoms with Gasteiger partial charge in [0.2, 0.25) is 0 Å². The number of rotatable bonds is 5. The lowest BCUT2D eigenvalue weighted by atomic mass is 9.97. The van der Waals surface area contributed by atoms with E-state index in [1.165, 1.54) is 0 Å². The third-order valence-electron chi connectivity index (χ3n) is 6.35. The molecular formula is C24H26N6O3. The van der Waals surface area contributed by atoms with Gasteiger partial charge in [-0.15, -0.1) is 0 Å². The topological polar surface area (TPSA) is 98.2 Å². The largest absolute Gasteiger partial charge is 0.493 e. The Bertz CT molecular complexity index is 1290. The molecule has 33 heavy (non-hydrogen) atoms. The molecule has 1 aromatic carbocycles. The number of hydrogen-bond acceptors (Lipinski definition) is 6. The van der Waals surface area contributed by atoms with E-state index in [4.69, 9.17) is 14.5 Å². The molecule has 1 aliphatic rings. The van der Waals surface area contributed by atoms with Gasteiger partial charge in [0.25, 0.3) is 5.91 Å². The van der Waals surface area contributed by atoms with Gasteiger partial charge < -0.3 is 19.4 Å². The van der Waals surface area contributed by atoms with Crippen LogP contribution < -0.4 is 9.47 Å². The van der Waals surface area contributed by atoms with Crippen LogP contribution in [0.15, 0.2) is 42.7 Å². The van der Waals surface area contributed by atoms with Crippen LogP contribution in [-0.4, -0.2) is 56.3 Å². The number of hydrogen-bond donors (Lipinski definition) is 1. The molecule has 0 aliphatic carbocycles. The van der Waals surface area contributed by atoms with E-state index in [0.717, 1.165) is 35.4 Å². The van der Waals surface area contributed by atoms with Crippen LogP contribution in [0.2, 0.25) is 0 Å². The molecule has 1 atom stereocenters. The summed E-state index contributed by atoms with van der Waals surface area (Å²) in [6.07, 6.45) is 5.15. The average Bonchev–Trinajstić information content (AvgIpc) is 3.57.